The molecule has 31 heavy (non-hydrogen) atoms. The van der Waals surface area contributed by atoms with Crippen LogP contribution >= 0.6 is 39.3 Å². The first-order chi connectivity index (χ1) is 14.9. The van der Waals surface area contributed by atoms with Crippen molar-refractivity contribution in [3.8, 4) is 22.9 Å². The molecule has 0 spiro atoms. The van der Waals surface area contributed by atoms with E-state index in [1.54, 1.807) is 37.0 Å². The second kappa shape index (κ2) is 10.7. The van der Waals surface area contributed by atoms with Gasteiger partial charge >= 0.3 is 0 Å². The Bertz CT molecular complexity index is 1120. The number of hydrogen-bond donors (Lipinski definition) is 1. The fraction of sp³-hybridized carbons (Fsp3) is 0.200. The molecule has 3 aromatic rings. The highest BCUT2D eigenvalue weighted by Crippen LogP contribution is 2.32. The average molecular weight is 525 g/mol. The number of hydrogen-bond acceptors (Lipinski definition) is 7. The molecule has 1 amide bonds. The molecule has 0 radical (unpaired) electrons. The van der Waals surface area contributed by atoms with E-state index in [4.69, 9.17) is 21.1 Å². The molecule has 3 rings (SSSR count). The molecule has 0 saturated carbocycles. The Morgan fingerprint density at radius 1 is 1.26 bits per heavy atom. The van der Waals surface area contributed by atoms with Crippen LogP contribution in [0.5, 0.6) is 11.5 Å². The predicted octanol–water partition coefficient (Wildman–Crippen LogP) is 4.16. The van der Waals surface area contributed by atoms with Crippen LogP contribution in [0.25, 0.3) is 11.4 Å². The Labute approximate surface area is 197 Å². The lowest BCUT2D eigenvalue weighted by Gasteiger charge is -2.09. The van der Waals surface area contributed by atoms with Crippen molar-refractivity contribution in [1.29, 1.82) is 0 Å². The first kappa shape index (κ1) is 23.1. The van der Waals surface area contributed by atoms with Crippen LogP contribution in [0.4, 0.5) is 0 Å². The van der Waals surface area contributed by atoms with Crippen molar-refractivity contribution in [3.63, 3.8) is 0 Å². The zero-order valence-electron chi connectivity index (χ0n) is 16.9. The van der Waals surface area contributed by atoms with Crippen LogP contribution in [0.3, 0.4) is 0 Å². The molecule has 162 valence electrons. The van der Waals surface area contributed by atoms with Crippen molar-refractivity contribution in [2.75, 3.05) is 20.0 Å². The van der Waals surface area contributed by atoms with Gasteiger partial charge in [0.1, 0.15) is 11.5 Å². The third kappa shape index (κ3) is 5.57. The molecule has 1 heterocycles. The molecule has 0 aliphatic heterocycles. The molecule has 8 nitrogen and oxygen atoms in total. The molecule has 0 bridgehead atoms. The van der Waals surface area contributed by atoms with Crippen LogP contribution in [-0.4, -0.2) is 46.9 Å². The highest BCUT2D eigenvalue weighted by atomic mass is 79.9. The number of halogens is 2. The van der Waals surface area contributed by atoms with Gasteiger partial charge in [-0.2, -0.15) is 5.10 Å². The van der Waals surface area contributed by atoms with E-state index < -0.39 is 0 Å². The Morgan fingerprint density at radius 3 is 2.71 bits per heavy atom. The summed E-state index contributed by atoms with van der Waals surface area (Å²) in [4.78, 5) is 12.2. The van der Waals surface area contributed by atoms with Crippen molar-refractivity contribution in [2.45, 2.75) is 5.16 Å². The van der Waals surface area contributed by atoms with Crippen molar-refractivity contribution in [2.24, 2.45) is 12.1 Å². The van der Waals surface area contributed by atoms with E-state index in [0.29, 0.717) is 33.1 Å². The zero-order valence-corrected chi connectivity index (χ0v) is 20.1. The van der Waals surface area contributed by atoms with E-state index in [1.165, 1.54) is 18.0 Å². The monoisotopic (exact) mass is 523 g/mol. The first-order valence-corrected chi connectivity index (χ1v) is 11.1. The molecule has 0 aliphatic carbocycles. The maximum Gasteiger partial charge on any atom is 0.250 e. The summed E-state index contributed by atoms with van der Waals surface area (Å²) in [6, 6.07) is 10.9. The van der Waals surface area contributed by atoms with Crippen molar-refractivity contribution in [1.82, 2.24) is 20.2 Å². The first-order valence-electron chi connectivity index (χ1n) is 8.95. The molecule has 1 aromatic heterocycles. The summed E-state index contributed by atoms with van der Waals surface area (Å²) in [5.74, 6) is 1.67. The van der Waals surface area contributed by atoms with Crippen LogP contribution in [-0.2, 0) is 11.8 Å². The third-order valence-electron chi connectivity index (χ3n) is 4.18. The van der Waals surface area contributed by atoms with E-state index in [0.717, 1.165) is 10.0 Å². The molecule has 0 unspecified atom stereocenters. The van der Waals surface area contributed by atoms with E-state index in [1.807, 2.05) is 25.2 Å². The lowest BCUT2D eigenvalue weighted by atomic mass is 10.2. The summed E-state index contributed by atoms with van der Waals surface area (Å²) in [5, 5.41) is 13.5. The van der Waals surface area contributed by atoms with Gasteiger partial charge < -0.3 is 14.0 Å². The number of hydrazone groups is 1. The highest BCUT2D eigenvalue weighted by molar-refractivity contribution is 9.10. The molecule has 0 aliphatic rings. The number of nitrogens with one attached hydrogen (secondary N) is 1. The summed E-state index contributed by atoms with van der Waals surface area (Å²) < 4.78 is 13.1. The molecule has 11 heteroatoms. The summed E-state index contributed by atoms with van der Waals surface area (Å²) >= 11 is 10.9. The fourth-order valence-corrected chi connectivity index (χ4v) is 4.08. The van der Waals surface area contributed by atoms with Gasteiger partial charge in [0.2, 0.25) is 0 Å². The van der Waals surface area contributed by atoms with Crippen LogP contribution < -0.4 is 14.9 Å². The van der Waals surface area contributed by atoms with E-state index in [2.05, 4.69) is 36.7 Å². The Balaban J connectivity index is 1.60. The average Bonchev–Trinajstić information content (AvgIpc) is 3.13. The summed E-state index contributed by atoms with van der Waals surface area (Å²) in [6.45, 7) is 0. The minimum Gasteiger partial charge on any atom is -0.496 e. The second-order valence-electron chi connectivity index (χ2n) is 6.16. The van der Waals surface area contributed by atoms with Crippen molar-refractivity contribution >= 4 is 51.4 Å². The highest BCUT2D eigenvalue weighted by Gasteiger charge is 2.15. The Kier molecular flexibility index (Phi) is 7.94. The SMILES string of the molecule is COc1cc(OC)c(/C=N\NC(=O)CSc2nnc(-c3ccccc3Cl)n2C)cc1Br. The van der Waals surface area contributed by atoms with Crippen LogP contribution in [0, 0.1) is 0 Å². The van der Waals surface area contributed by atoms with Gasteiger partial charge in [-0.3, -0.25) is 4.79 Å². The van der Waals surface area contributed by atoms with Gasteiger partial charge in [0.05, 0.1) is 35.7 Å². The van der Waals surface area contributed by atoms with E-state index in [-0.39, 0.29) is 11.7 Å². The van der Waals surface area contributed by atoms with Gasteiger partial charge in [0, 0.05) is 24.2 Å². The number of carbonyl (C=O) groups excluding carboxylic acids is 1. The van der Waals surface area contributed by atoms with Gasteiger partial charge in [0.15, 0.2) is 11.0 Å². The summed E-state index contributed by atoms with van der Waals surface area (Å²) in [6.07, 6.45) is 1.50. The third-order valence-corrected chi connectivity index (χ3v) is 6.15. The molecule has 0 atom stereocenters. The number of benzene rings is 2. The zero-order chi connectivity index (χ0) is 22.4. The number of carbonyl (C=O) groups is 1. The van der Waals surface area contributed by atoms with Crippen molar-refractivity contribution < 1.29 is 14.3 Å². The van der Waals surface area contributed by atoms with Gasteiger partial charge in [-0.25, -0.2) is 5.43 Å². The largest absolute Gasteiger partial charge is 0.496 e. The lowest BCUT2D eigenvalue weighted by molar-refractivity contribution is -0.118. The minimum atomic E-state index is -0.282. The number of methoxy groups -OCH3 is 2. The normalized spacial score (nSPS) is 11.0. The van der Waals surface area contributed by atoms with Crippen LogP contribution in [0.1, 0.15) is 5.56 Å². The number of ether oxygens (including phenoxy) is 2. The molecular formula is C20H19BrClN5O3S. The van der Waals surface area contributed by atoms with Crippen LogP contribution in [0.2, 0.25) is 5.02 Å². The Morgan fingerprint density at radius 2 is 2.00 bits per heavy atom. The standard InChI is InChI=1S/C20H19BrClN5O3S/c1-27-19(13-6-4-5-7-15(13)22)25-26-20(27)31-11-18(28)24-23-10-12-8-14(21)17(30-3)9-16(12)29-2/h4-10H,11H2,1-3H3,(H,24,28)/b23-10-. The number of thioether (sulfide) groups is 1. The second-order valence-corrected chi connectivity index (χ2v) is 8.36. The lowest BCUT2D eigenvalue weighted by Crippen LogP contribution is -2.20. The van der Waals surface area contributed by atoms with Gasteiger partial charge in [-0.05, 0) is 34.1 Å². The summed E-state index contributed by atoms with van der Waals surface area (Å²) in [5.41, 5.74) is 3.96. The number of rotatable bonds is 8. The van der Waals surface area contributed by atoms with Gasteiger partial charge in [-0.1, -0.05) is 35.5 Å². The van der Waals surface area contributed by atoms with Gasteiger partial charge in [0.25, 0.3) is 5.91 Å². The molecule has 1 N–H and O–H groups in total. The number of amides is 1. The number of nitrogens with zero attached hydrogens (tertiary/aromatic N) is 4. The maximum absolute atomic E-state index is 12.2. The van der Waals surface area contributed by atoms with Crippen LogP contribution in [0.15, 0.2) is 51.1 Å². The molecule has 0 fully saturated rings. The molecule has 0 saturated heterocycles. The van der Waals surface area contributed by atoms with Gasteiger partial charge in [-0.15, -0.1) is 10.2 Å². The van der Waals surface area contributed by atoms with E-state index in [9.17, 15) is 4.79 Å². The molecule has 2 aromatic carbocycles. The van der Waals surface area contributed by atoms with Crippen molar-refractivity contribution in [3.05, 3.63) is 51.5 Å². The quantitative estimate of drug-likeness (QED) is 0.270. The minimum absolute atomic E-state index is 0.120. The maximum atomic E-state index is 12.2. The predicted molar refractivity (Wildman–Crippen MR) is 125 cm³/mol. The molecular weight excluding hydrogens is 506 g/mol. The topological polar surface area (TPSA) is 90.6 Å². The number of aromatic nitrogens is 3. The summed E-state index contributed by atoms with van der Waals surface area (Å²) in [7, 11) is 4.94. The fourth-order valence-electron chi connectivity index (χ4n) is 2.64. The Hall–Kier alpha value is -2.56. The smallest absolute Gasteiger partial charge is 0.250 e. The van der Waals surface area contributed by atoms with E-state index >= 15 is 0 Å².